The van der Waals surface area contributed by atoms with Crippen LogP contribution in [0.1, 0.15) is 45.7 Å². The zero-order chi connectivity index (χ0) is 24.4. The molecule has 2 nitrogen and oxygen atoms in total. The monoisotopic (exact) mass is 436 g/mol. The van der Waals surface area contributed by atoms with E-state index in [4.69, 9.17) is 0 Å². The van der Waals surface area contributed by atoms with E-state index in [1.54, 1.807) is 39.1 Å². The van der Waals surface area contributed by atoms with Crippen molar-refractivity contribution in [2.75, 3.05) is 7.05 Å². The third-order valence-electron chi connectivity index (χ3n) is 5.30. The van der Waals surface area contributed by atoms with Crippen LogP contribution in [0.4, 0.5) is 8.78 Å². The number of hydrogen-bond acceptors (Lipinski definition) is 2. The molecule has 32 heavy (non-hydrogen) atoms. The summed E-state index contributed by atoms with van der Waals surface area (Å²) in [6, 6.07) is 4.58. The van der Waals surface area contributed by atoms with Gasteiger partial charge < -0.3 is 5.32 Å². The fraction of sp³-hybridized carbons (Fsp3) is 0.250. The van der Waals surface area contributed by atoms with Crippen LogP contribution in [0.15, 0.2) is 95.6 Å². The van der Waals surface area contributed by atoms with E-state index in [-0.39, 0.29) is 11.1 Å². The summed E-state index contributed by atoms with van der Waals surface area (Å²) in [6.07, 6.45) is 8.26. The zero-order valence-corrected chi connectivity index (χ0v) is 20.0. The van der Waals surface area contributed by atoms with E-state index in [1.807, 2.05) is 19.1 Å². The molecule has 1 N–H and O–H groups in total. The fourth-order valence-corrected chi connectivity index (χ4v) is 2.97. The molecule has 1 aromatic rings. The Morgan fingerprint density at radius 1 is 1.16 bits per heavy atom. The molecule has 1 rings (SSSR count). The summed E-state index contributed by atoms with van der Waals surface area (Å²) in [4.78, 5) is 4.21. The van der Waals surface area contributed by atoms with E-state index in [2.05, 4.69) is 43.9 Å². The fourth-order valence-electron chi connectivity index (χ4n) is 2.97. The Bertz CT molecular complexity index is 1030. The summed E-state index contributed by atoms with van der Waals surface area (Å²) in [7, 11) is 1.63. The van der Waals surface area contributed by atoms with Gasteiger partial charge in [-0.25, -0.2) is 8.78 Å². The number of allylic oxidation sites excluding steroid dienone is 8. The summed E-state index contributed by atoms with van der Waals surface area (Å²) in [5.74, 6) is -0.785. The molecule has 4 heteroatoms. The van der Waals surface area contributed by atoms with Crippen LogP contribution in [0.5, 0.6) is 0 Å². The van der Waals surface area contributed by atoms with Crippen molar-refractivity contribution in [1.29, 1.82) is 0 Å². The normalized spacial score (nSPS) is 14.3. The molecule has 0 aliphatic heterocycles. The van der Waals surface area contributed by atoms with Crippen molar-refractivity contribution in [2.24, 2.45) is 10.9 Å². The van der Waals surface area contributed by atoms with E-state index in [9.17, 15) is 4.39 Å². The van der Waals surface area contributed by atoms with Crippen LogP contribution in [-0.2, 0) is 0 Å². The summed E-state index contributed by atoms with van der Waals surface area (Å²) in [5, 5.41) is 3.29. The van der Waals surface area contributed by atoms with Crippen LogP contribution in [0.3, 0.4) is 0 Å². The number of hydrogen-bond donors (Lipinski definition) is 1. The topological polar surface area (TPSA) is 24.4 Å². The van der Waals surface area contributed by atoms with Gasteiger partial charge >= 0.3 is 0 Å². The molecule has 0 spiro atoms. The first kappa shape index (κ1) is 26.8. The first-order chi connectivity index (χ1) is 15.1. The molecular formula is C28H34F2N2. The van der Waals surface area contributed by atoms with Gasteiger partial charge in [-0.15, -0.1) is 0 Å². The number of rotatable bonds is 10. The number of aliphatic imine (C=N–C) groups is 1. The maximum Gasteiger partial charge on any atom is 0.131 e. The first-order valence-electron chi connectivity index (χ1n) is 10.5. The highest BCUT2D eigenvalue weighted by molar-refractivity contribution is 6.02. The lowest BCUT2D eigenvalue weighted by atomic mass is 9.97. The van der Waals surface area contributed by atoms with Gasteiger partial charge in [0.05, 0.1) is 0 Å². The molecular weight excluding hydrogens is 402 g/mol. The number of halogens is 2. The highest BCUT2D eigenvalue weighted by Gasteiger charge is 2.15. The largest absolute Gasteiger partial charge is 0.356 e. The number of nitrogens with one attached hydrogen (secondary N) is 1. The molecule has 0 aliphatic rings. The average Bonchev–Trinajstić information content (AvgIpc) is 2.77. The average molecular weight is 437 g/mol. The maximum absolute atomic E-state index is 15.4. The molecule has 0 saturated carbocycles. The number of nitrogens with zero attached hydrogens (tertiary/aromatic N) is 1. The summed E-state index contributed by atoms with van der Waals surface area (Å²) in [5.41, 5.74) is 4.42. The minimum atomic E-state index is -0.577. The van der Waals surface area contributed by atoms with Crippen molar-refractivity contribution in [3.8, 4) is 0 Å². The van der Waals surface area contributed by atoms with E-state index in [1.165, 1.54) is 18.2 Å². The summed E-state index contributed by atoms with van der Waals surface area (Å²) < 4.78 is 29.8. The van der Waals surface area contributed by atoms with Crippen molar-refractivity contribution in [3.63, 3.8) is 0 Å². The van der Waals surface area contributed by atoms with Gasteiger partial charge in [0, 0.05) is 35.3 Å². The lowest BCUT2D eigenvalue weighted by Gasteiger charge is -2.18. The molecule has 0 atom stereocenters. The van der Waals surface area contributed by atoms with Crippen LogP contribution in [0.2, 0.25) is 0 Å². The zero-order valence-electron chi connectivity index (χ0n) is 20.0. The molecule has 0 fully saturated rings. The van der Waals surface area contributed by atoms with Crippen LogP contribution in [-0.4, -0.2) is 12.8 Å². The molecule has 0 unspecified atom stereocenters. The van der Waals surface area contributed by atoms with Crippen LogP contribution in [0.25, 0.3) is 11.6 Å². The third kappa shape index (κ3) is 6.88. The highest BCUT2D eigenvalue weighted by atomic mass is 19.1. The first-order valence-corrected chi connectivity index (χ1v) is 10.5. The Morgan fingerprint density at radius 2 is 1.81 bits per heavy atom. The lowest BCUT2D eigenvalue weighted by Crippen LogP contribution is -2.18. The van der Waals surface area contributed by atoms with E-state index < -0.39 is 11.6 Å². The SMILES string of the molecule is C=C/C=C\C(NC(=C)/C(=C\C(F)=C(/C)c1c(F)cccc1C=C)C(C)=NC)=C(/C)C(C)C. The van der Waals surface area contributed by atoms with E-state index in [0.29, 0.717) is 28.5 Å². The molecule has 0 bridgehead atoms. The second kappa shape index (κ2) is 12.6. The van der Waals surface area contributed by atoms with Gasteiger partial charge in [-0.2, -0.15) is 0 Å². The summed E-state index contributed by atoms with van der Waals surface area (Å²) in [6.45, 7) is 21.1. The van der Waals surface area contributed by atoms with Gasteiger partial charge in [0.25, 0.3) is 0 Å². The lowest BCUT2D eigenvalue weighted by molar-refractivity contribution is 0.620. The predicted octanol–water partition coefficient (Wildman–Crippen LogP) is 7.96. The second-order valence-electron chi connectivity index (χ2n) is 7.70. The molecule has 0 radical (unpaired) electrons. The molecule has 170 valence electrons. The van der Waals surface area contributed by atoms with Crippen LogP contribution < -0.4 is 5.32 Å². The second-order valence-corrected chi connectivity index (χ2v) is 7.70. The maximum atomic E-state index is 15.4. The van der Waals surface area contributed by atoms with Crippen molar-refractivity contribution in [2.45, 2.75) is 34.6 Å². The molecule has 0 aliphatic carbocycles. The third-order valence-corrected chi connectivity index (χ3v) is 5.30. The van der Waals surface area contributed by atoms with Crippen molar-refractivity contribution in [3.05, 3.63) is 108 Å². The predicted molar refractivity (Wildman–Crippen MR) is 136 cm³/mol. The Morgan fingerprint density at radius 3 is 2.34 bits per heavy atom. The molecule has 1 aromatic carbocycles. The Labute approximate surface area is 191 Å². The van der Waals surface area contributed by atoms with Crippen LogP contribution >= 0.6 is 0 Å². The van der Waals surface area contributed by atoms with Gasteiger partial charge in [-0.05, 0) is 61.6 Å². The van der Waals surface area contributed by atoms with E-state index >= 15 is 4.39 Å². The summed E-state index contributed by atoms with van der Waals surface area (Å²) >= 11 is 0. The van der Waals surface area contributed by atoms with Gasteiger partial charge in [0.2, 0.25) is 0 Å². The van der Waals surface area contributed by atoms with Gasteiger partial charge in [-0.3, -0.25) is 4.99 Å². The molecule has 0 heterocycles. The van der Waals surface area contributed by atoms with Crippen LogP contribution in [0, 0.1) is 11.7 Å². The Kier molecular flexibility index (Phi) is 10.5. The quantitative estimate of drug-likeness (QED) is 0.292. The highest BCUT2D eigenvalue weighted by Crippen LogP contribution is 2.28. The van der Waals surface area contributed by atoms with Gasteiger partial charge in [0.15, 0.2) is 0 Å². The van der Waals surface area contributed by atoms with Crippen molar-refractivity contribution < 1.29 is 8.78 Å². The smallest absolute Gasteiger partial charge is 0.131 e. The minimum absolute atomic E-state index is 0.174. The van der Waals surface area contributed by atoms with E-state index in [0.717, 1.165) is 11.3 Å². The van der Waals surface area contributed by atoms with Crippen molar-refractivity contribution in [1.82, 2.24) is 5.32 Å². The molecule has 0 saturated heterocycles. The standard InChI is InChI=1S/C28H34F2N2/c1-10-12-16-27(19(5)18(3)4)32-22(8)24(21(7)31-9)17-26(30)20(6)28-23(11-2)14-13-15-25(28)29/h10-18,32H,1-2,8H2,3-7,9H3/b16-12-,24-17-,26-20-,27-19-,31-21?. The van der Waals surface area contributed by atoms with Gasteiger partial charge in [0.1, 0.15) is 11.6 Å². The van der Waals surface area contributed by atoms with Gasteiger partial charge in [-0.1, -0.05) is 63.9 Å². The van der Waals surface area contributed by atoms with Crippen molar-refractivity contribution >= 4 is 17.4 Å². The minimum Gasteiger partial charge on any atom is -0.356 e. The Balaban J connectivity index is 3.57. The molecule has 0 amide bonds. The number of benzene rings is 1. The molecule has 0 aromatic heterocycles. The Hall–Kier alpha value is -3.27.